The zero-order valence-corrected chi connectivity index (χ0v) is 12.2. The van der Waals surface area contributed by atoms with E-state index in [4.69, 9.17) is 5.73 Å². The Morgan fingerprint density at radius 1 is 1.05 bits per heavy atom. The van der Waals surface area contributed by atoms with Gasteiger partial charge in [0.2, 0.25) is 5.95 Å². The van der Waals surface area contributed by atoms with Crippen LogP contribution in [0.1, 0.15) is 18.4 Å². The second-order valence-electron chi connectivity index (χ2n) is 5.50. The van der Waals surface area contributed by atoms with Crippen molar-refractivity contribution in [2.45, 2.75) is 19.4 Å². The second kappa shape index (κ2) is 5.25. The monoisotopic (exact) mass is 295 g/mol. The normalized spacial score (nSPS) is 14.8. The number of nitrogen functional groups attached to an aromatic ring is 1. The lowest BCUT2D eigenvalue weighted by Crippen LogP contribution is -2.20. The fraction of sp³-hybridized carbons (Fsp3) is 0.333. The van der Waals surface area contributed by atoms with Crippen LogP contribution in [0.5, 0.6) is 0 Å². The van der Waals surface area contributed by atoms with Crippen LogP contribution in [0.3, 0.4) is 0 Å². The van der Waals surface area contributed by atoms with Gasteiger partial charge in [0.25, 0.3) is 0 Å². The van der Waals surface area contributed by atoms with Crippen molar-refractivity contribution in [3.05, 3.63) is 35.9 Å². The Morgan fingerprint density at radius 3 is 2.59 bits per heavy atom. The lowest BCUT2D eigenvalue weighted by Gasteiger charge is -2.16. The number of fused-ring (bicyclic) bond motifs is 1. The van der Waals surface area contributed by atoms with E-state index in [1.54, 1.807) is 4.68 Å². The van der Waals surface area contributed by atoms with Gasteiger partial charge >= 0.3 is 0 Å². The Morgan fingerprint density at radius 2 is 1.82 bits per heavy atom. The van der Waals surface area contributed by atoms with Crippen molar-refractivity contribution in [2.24, 2.45) is 0 Å². The molecule has 0 atom stereocenters. The van der Waals surface area contributed by atoms with E-state index in [1.165, 1.54) is 12.8 Å². The van der Waals surface area contributed by atoms with Gasteiger partial charge in [-0.3, -0.25) is 0 Å². The molecule has 0 saturated carbocycles. The first-order valence-electron chi connectivity index (χ1n) is 7.47. The number of hydrogen-bond donors (Lipinski definition) is 1. The first-order chi connectivity index (χ1) is 10.8. The molecule has 1 fully saturated rings. The van der Waals surface area contributed by atoms with Crippen LogP contribution in [-0.4, -0.2) is 38.1 Å². The van der Waals surface area contributed by atoms with Crippen molar-refractivity contribution >= 4 is 22.9 Å². The van der Waals surface area contributed by atoms with Crippen LogP contribution >= 0.6 is 0 Å². The van der Waals surface area contributed by atoms with E-state index < -0.39 is 0 Å². The van der Waals surface area contributed by atoms with Crippen LogP contribution in [0, 0.1) is 0 Å². The Kier molecular flexibility index (Phi) is 3.10. The van der Waals surface area contributed by atoms with Crippen molar-refractivity contribution in [1.29, 1.82) is 0 Å². The van der Waals surface area contributed by atoms with Crippen molar-refractivity contribution < 1.29 is 0 Å². The van der Waals surface area contributed by atoms with Gasteiger partial charge in [-0.2, -0.15) is 9.97 Å². The van der Waals surface area contributed by atoms with E-state index in [9.17, 15) is 0 Å². The molecule has 22 heavy (non-hydrogen) atoms. The molecule has 3 heterocycles. The van der Waals surface area contributed by atoms with Crippen LogP contribution < -0.4 is 10.6 Å². The molecule has 0 radical (unpaired) electrons. The van der Waals surface area contributed by atoms with Gasteiger partial charge in [0.05, 0.1) is 6.54 Å². The number of rotatable bonds is 3. The maximum absolute atomic E-state index is 5.90. The van der Waals surface area contributed by atoms with Gasteiger partial charge in [0.15, 0.2) is 17.0 Å². The third kappa shape index (κ3) is 2.24. The molecule has 112 valence electrons. The number of nitrogens with two attached hydrogens (primary N) is 1. The van der Waals surface area contributed by atoms with E-state index in [0.717, 1.165) is 30.0 Å². The molecule has 0 bridgehead atoms. The first kappa shape index (κ1) is 13.0. The fourth-order valence-electron chi connectivity index (χ4n) is 2.87. The molecular weight excluding hydrogens is 278 g/mol. The Labute approximate surface area is 127 Å². The molecule has 3 aromatic rings. The lowest BCUT2D eigenvalue weighted by atomic mass is 10.2. The van der Waals surface area contributed by atoms with Crippen LogP contribution in [0.4, 0.5) is 11.8 Å². The third-order valence-electron chi connectivity index (χ3n) is 3.94. The molecule has 0 unspecified atom stereocenters. The Bertz CT molecular complexity index is 790. The van der Waals surface area contributed by atoms with Gasteiger partial charge in [0.1, 0.15) is 0 Å². The minimum absolute atomic E-state index is 0.269. The maximum atomic E-state index is 5.90. The van der Waals surface area contributed by atoms with Gasteiger partial charge in [-0.05, 0) is 18.4 Å². The van der Waals surface area contributed by atoms with Gasteiger partial charge in [-0.15, -0.1) is 5.10 Å². The summed E-state index contributed by atoms with van der Waals surface area (Å²) < 4.78 is 1.78. The van der Waals surface area contributed by atoms with Crippen LogP contribution in [0.25, 0.3) is 11.2 Å². The zero-order valence-electron chi connectivity index (χ0n) is 12.2. The average Bonchev–Trinajstić information content (AvgIpc) is 3.18. The molecular formula is C15H17N7. The van der Waals surface area contributed by atoms with E-state index in [-0.39, 0.29) is 5.95 Å². The van der Waals surface area contributed by atoms with Crippen molar-refractivity contribution in [3.8, 4) is 0 Å². The van der Waals surface area contributed by atoms with Crippen LogP contribution in [0.2, 0.25) is 0 Å². The molecule has 4 rings (SSSR count). The second-order valence-corrected chi connectivity index (χ2v) is 5.50. The van der Waals surface area contributed by atoms with E-state index in [0.29, 0.717) is 12.2 Å². The lowest BCUT2D eigenvalue weighted by molar-refractivity contribution is 0.664. The van der Waals surface area contributed by atoms with E-state index >= 15 is 0 Å². The van der Waals surface area contributed by atoms with Crippen molar-refractivity contribution in [2.75, 3.05) is 23.7 Å². The minimum atomic E-state index is 0.269. The summed E-state index contributed by atoms with van der Waals surface area (Å²) >= 11 is 0. The summed E-state index contributed by atoms with van der Waals surface area (Å²) in [7, 11) is 0. The van der Waals surface area contributed by atoms with Gasteiger partial charge in [-0.1, -0.05) is 35.5 Å². The van der Waals surface area contributed by atoms with E-state index in [2.05, 4.69) is 37.3 Å². The topological polar surface area (TPSA) is 85.8 Å². The number of hydrogen-bond acceptors (Lipinski definition) is 6. The number of benzene rings is 1. The minimum Gasteiger partial charge on any atom is -0.368 e. The largest absolute Gasteiger partial charge is 0.368 e. The highest BCUT2D eigenvalue weighted by Crippen LogP contribution is 2.25. The molecule has 0 spiro atoms. The molecule has 7 heteroatoms. The molecule has 1 saturated heterocycles. The molecule has 2 N–H and O–H groups in total. The number of nitrogens with zero attached hydrogens (tertiary/aromatic N) is 6. The van der Waals surface area contributed by atoms with Crippen LogP contribution in [0.15, 0.2) is 30.3 Å². The first-order valence-corrected chi connectivity index (χ1v) is 7.47. The highest BCUT2D eigenvalue weighted by Gasteiger charge is 2.21. The summed E-state index contributed by atoms with van der Waals surface area (Å²) in [5.74, 6) is 1.07. The van der Waals surface area contributed by atoms with Gasteiger partial charge in [0, 0.05) is 13.1 Å². The smallest absolute Gasteiger partial charge is 0.224 e. The van der Waals surface area contributed by atoms with E-state index in [1.807, 2.05) is 18.2 Å². The van der Waals surface area contributed by atoms with Gasteiger partial charge in [-0.25, -0.2) is 4.68 Å². The van der Waals surface area contributed by atoms with Crippen molar-refractivity contribution in [1.82, 2.24) is 25.0 Å². The molecule has 1 aliphatic heterocycles. The summed E-state index contributed by atoms with van der Waals surface area (Å²) in [6, 6.07) is 10.1. The molecule has 0 amide bonds. The number of aromatic nitrogens is 5. The Hall–Kier alpha value is -2.70. The summed E-state index contributed by atoms with van der Waals surface area (Å²) in [4.78, 5) is 10.9. The molecule has 1 aromatic carbocycles. The fourth-order valence-corrected chi connectivity index (χ4v) is 2.87. The third-order valence-corrected chi connectivity index (χ3v) is 3.94. The highest BCUT2D eigenvalue weighted by atomic mass is 15.5. The summed E-state index contributed by atoms with van der Waals surface area (Å²) in [5.41, 5.74) is 8.46. The summed E-state index contributed by atoms with van der Waals surface area (Å²) in [5, 5.41) is 8.54. The standard InChI is InChI=1S/C15H17N7/c16-15-17-13(21-8-4-5-9-21)12-14(18-15)22(20-19-12)10-11-6-2-1-3-7-11/h1-3,6-7H,4-5,8-10H2,(H2,16,17,18). The number of anilines is 2. The maximum Gasteiger partial charge on any atom is 0.224 e. The average molecular weight is 295 g/mol. The molecule has 7 nitrogen and oxygen atoms in total. The predicted octanol–water partition coefficient (Wildman–Crippen LogP) is 1.45. The van der Waals surface area contributed by atoms with Crippen molar-refractivity contribution in [3.63, 3.8) is 0 Å². The van der Waals surface area contributed by atoms with Gasteiger partial charge < -0.3 is 10.6 Å². The van der Waals surface area contributed by atoms with Crippen LogP contribution in [-0.2, 0) is 6.54 Å². The zero-order chi connectivity index (χ0) is 14.9. The SMILES string of the molecule is Nc1nc(N2CCCC2)c2nnn(Cc3ccccc3)c2n1. The Balaban J connectivity index is 1.78. The predicted molar refractivity (Wildman–Crippen MR) is 84.5 cm³/mol. The summed E-state index contributed by atoms with van der Waals surface area (Å²) in [6.45, 7) is 2.58. The molecule has 1 aliphatic rings. The highest BCUT2D eigenvalue weighted by molar-refractivity contribution is 5.84. The molecule has 0 aliphatic carbocycles. The summed E-state index contributed by atoms with van der Waals surface area (Å²) in [6.07, 6.45) is 2.34. The quantitative estimate of drug-likeness (QED) is 0.787. The molecule has 2 aromatic heterocycles.